The molecule has 2 atom stereocenters. The number of hydrogen-bond donors (Lipinski definition) is 0. The van der Waals surface area contributed by atoms with Crippen LogP contribution in [0.1, 0.15) is 129 Å². The Morgan fingerprint density at radius 2 is 1.41 bits per heavy atom. The minimum absolute atomic E-state index is 0.0793. The summed E-state index contributed by atoms with van der Waals surface area (Å²) in [5.41, 5.74) is 0. The first-order chi connectivity index (χ1) is 15.7. The summed E-state index contributed by atoms with van der Waals surface area (Å²) in [5, 5.41) is 1.03. The van der Waals surface area contributed by atoms with E-state index in [-0.39, 0.29) is 23.8 Å². The van der Waals surface area contributed by atoms with E-state index in [1.54, 1.807) is 0 Å². The Balaban J connectivity index is 2.52. The maximum absolute atomic E-state index is 13.5. The molecule has 0 spiro atoms. The molecule has 1 heterocycles. The molecule has 0 aliphatic carbocycles. The molecule has 0 radical (unpaired) electrons. The Morgan fingerprint density at radius 3 is 2.06 bits per heavy atom. The maximum atomic E-state index is 13.5. The average molecular weight is 517 g/mol. The van der Waals surface area contributed by atoms with Crippen LogP contribution in [0.25, 0.3) is 0 Å². The van der Waals surface area contributed by atoms with Crippen molar-refractivity contribution in [3.63, 3.8) is 0 Å². The first-order valence-electron chi connectivity index (χ1n) is 13.7. The Labute approximate surface area is 206 Å². The molecular weight excluding hydrogens is 466 g/mol. The van der Waals surface area contributed by atoms with E-state index in [0.29, 0.717) is 13.2 Å². The second-order valence-electron chi connectivity index (χ2n) is 9.56. The first kappa shape index (κ1) is 29.5. The number of amides is 1. The van der Waals surface area contributed by atoms with Crippen LogP contribution in [0.3, 0.4) is 0 Å². The molecule has 0 aromatic heterocycles. The Bertz CT molecular complexity index is 486. The molecule has 0 N–H and O–H groups in total. The van der Waals surface area contributed by atoms with Gasteiger partial charge in [0.1, 0.15) is 6.04 Å². The summed E-state index contributed by atoms with van der Waals surface area (Å²) < 4.78 is 5.57. The van der Waals surface area contributed by atoms with E-state index >= 15 is 0 Å². The van der Waals surface area contributed by atoms with Crippen LogP contribution in [-0.2, 0) is 14.3 Å². The van der Waals surface area contributed by atoms with Gasteiger partial charge in [-0.05, 0) is 38.5 Å². The van der Waals surface area contributed by atoms with Crippen LogP contribution in [0, 0.1) is 5.92 Å². The van der Waals surface area contributed by atoms with Crippen molar-refractivity contribution in [3.8, 4) is 0 Å². The number of hydrogen-bond acceptors (Lipinski definition) is 3. The highest BCUT2D eigenvalue weighted by Crippen LogP contribution is 2.27. The number of ether oxygens (including phenoxy) is 1. The van der Waals surface area contributed by atoms with Crippen molar-refractivity contribution in [2.24, 2.45) is 5.92 Å². The van der Waals surface area contributed by atoms with Crippen molar-refractivity contribution in [1.82, 2.24) is 4.90 Å². The number of nitrogens with zero attached hydrogens (tertiary/aromatic N) is 1. The molecule has 1 amide bonds. The van der Waals surface area contributed by atoms with Crippen molar-refractivity contribution >= 4 is 27.8 Å². The van der Waals surface area contributed by atoms with E-state index < -0.39 is 0 Å². The van der Waals surface area contributed by atoms with Crippen LogP contribution >= 0.6 is 15.9 Å². The SMILES string of the molecule is CCCCCCCCC(CCCCCC)C(=O)N1CCCC1C(=O)OCCCCCCBr. The van der Waals surface area contributed by atoms with Gasteiger partial charge in [0.2, 0.25) is 5.91 Å². The molecule has 188 valence electrons. The highest BCUT2D eigenvalue weighted by atomic mass is 79.9. The molecule has 0 aromatic carbocycles. The lowest BCUT2D eigenvalue weighted by Gasteiger charge is -2.28. The number of halogens is 1. The van der Waals surface area contributed by atoms with Crippen molar-refractivity contribution in [2.75, 3.05) is 18.5 Å². The molecule has 1 fully saturated rings. The molecule has 0 bridgehead atoms. The lowest BCUT2D eigenvalue weighted by atomic mass is 9.92. The van der Waals surface area contributed by atoms with Crippen molar-refractivity contribution in [1.29, 1.82) is 0 Å². The molecule has 1 aliphatic heterocycles. The summed E-state index contributed by atoms with van der Waals surface area (Å²) in [5.74, 6) is 0.114. The summed E-state index contributed by atoms with van der Waals surface area (Å²) >= 11 is 3.45. The van der Waals surface area contributed by atoms with Gasteiger partial charge in [0.15, 0.2) is 0 Å². The number of rotatable bonds is 20. The quantitative estimate of drug-likeness (QED) is 0.0942. The van der Waals surface area contributed by atoms with Gasteiger partial charge >= 0.3 is 5.97 Å². The molecule has 0 aromatic rings. The van der Waals surface area contributed by atoms with Crippen molar-refractivity contribution in [3.05, 3.63) is 0 Å². The van der Waals surface area contributed by atoms with Crippen LogP contribution < -0.4 is 0 Å². The van der Waals surface area contributed by atoms with Gasteiger partial charge in [-0.15, -0.1) is 0 Å². The van der Waals surface area contributed by atoms with Crippen LogP contribution in [0.2, 0.25) is 0 Å². The van der Waals surface area contributed by atoms with E-state index in [1.165, 1.54) is 51.4 Å². The molecule has 4 nitrogen and oxygen atoms in total. The normalized spacial score (nSPS) is 17.0. The van der Waals surface area contributed by atoms with Crippen LogP contribution in [0.4, 0.5) is 0 Å². The Hall–Kier alpha value is -0.580. The van der Waals surface area contributed by atoms with E-state index in [1.807, 2.05) is 4.90 Å². The summed E-state index contributed by atoms with van der Waals surface area (Å²) in [4.78, 5) is 28.0. The van der Waals surface area contributed by atoms with E-state index in [4.69, 9.17) is 4.74 Å². The minimum atomic E-state index is -0.354. The Morgan fingerprint density at radius 1 is 0.844 bits per heavy atom. The van der Waals surface area contributed by atoms with Gasteiger partial charge in [0.25, 0.3) is 0 Å². The minimum Gasteiger partial charge on any atom is -0.464 e. The summed E-state index contributed by atoms with van der Waals surface area (Å²) in [6.07, 6.45) is 20.2. The molecule has 32 heavy (non-hydrogen) atoms. The van der Waals surface area contributed by atoms with E-state index in [0.717, 1.165) is 69.5 Å². The fourth-order valence-corrected chi connectivity index (χ4v) is 5.11. The number of carbonyl (C=O) groups excluding carboxylic acids is 2. The van der Waals surface area contributed by atoms with Gasteiger partial charge < -0.3 is 9.64 Å². The first-order valence-corrected chi connectivity index (χ1v) is 14.8. The molecule has 2 unspecified atom stereocenters. The largest absolute Gasteiger partial charge is 0.464 e. The van der Waals surface area contributed by atoms with Gasteiger partial charge in [0, 0.05) is 17.8 Å². The average Bonchev–Trinajstić information content (AvgIpc) is 3.29. The predicted octanol–water partition coefficient (Wildman–Crippen LogP) is 7.81. The highest BCUT2D eigenvalue weighted by Gasteiger charge is 2.37. The van der Waals surface area contributed by atoms with Crippen LogP contribution in [-0.4, -0.2) is 41.3 Å². The third-order valence-electron chi connectivity index (χ3n) is 6.74. The molecule has 1 aliphatic rings. The molecule has 0 saturated carbocycles. The van der Waals surface area contributed by atoms with E-state index in [2.05, 4.69) is 29.8 Å². The van der Waals surface area contributed by atoms with Gasteiger partial charge in [-0.3, -0.25) is 4.79 Å². The second kappa shape index (κ2) is 19.9. The zero-order valence-corrected chi connectivity index (χ0v) is 22.6. The monoisotopic (exact) mass is 515 g/mol. The van der Waals surface area contributed by atoms with Crippen LogP contribution in [0.5, 0.6) is 0 Å². The molecule has 1 rings (SSSR count). The standard InChI is InChI=1S/C27H50BrNO3/c1-3-5-7-9-10-14-19-24(18-13-8-6-4-2)26(30)29-22-17-20-25(29)27(31)32-23-16-12-11-15-21-28/h24-25H,3-23H2,1-2H3. The summed E-state index contributed by atoms with van der Waals surface area (Å²) in [7, 11) is 0. The number of esters is 1. The molecule has 1 saturated heterocycles. The van der Waals surface area contributed by atoms with Gasteiger partial charge in [-0.2, -0.15) is 0 Å². The number of unbranched alkanes of at least 4 members (excludes halogenated alkanes) is 11. The van der Waals surface area contributed by atoms with Gasteiger partial charge in [-0.25, -0.2) is 4.79 Å². The fraction of sp³-hybridized carbons (Fsp3) is 0.926. The smallest absolute Gasteiger partial charge is 0.328 e. The number of carbonyl (C=O) groups is 2. The highest BCUT2D eigenvalue weighted by molar-refractivity contribution is 9.09. The zero-order chi connectivity index (χ0) is 23.4. The second-order valence-corrected chi connectivity index (χ2v) is 10.4. The van der Waals surface area contributed by atoms with E-state index in [9.17, 15) is 9.59 Å². The van der Waals surface area contributed by atoms with Gasteiger partial charge in [-0.1, -0.05) is 107 Å². The third-order valence-corrected chi connectivity index (χ3v) is 7.30. The molecular formula is C27H50BrNO3. The lowest BCUT2D eigenvalue weighted by Crippen LogP contribution is -2.44. The van der Waals surface area contributed by atoms with Gasteiger partial charge in [0.05, 0.1) is 6.61 Å². The third kappa shape index (κ3) is 12.6. The predicted molar refractivity (Wildman–Crippen MR) is 138 cm³/mol. The number of likely N-dealkylation sites (tertiary alicyclic amines) is 1. The lowest BCUT2D eigenvalue weighted by molar-refractivity contribution is -0.155. The summed E-state index contributed by atoms with van der Waals surface area (Å²) in [6, 6.07) is -0.354. The number of alkyl halides is 1. The molecule has 5 heteroatoms. The van der Waals surface area contributed by atoms with Crippen molar-refractivity contribution in [2.45, 2.75) is 135 Å². The van der Waals surface area contributed by atoms with Crippen molar-refractivity contribution < 1.29 is 14.3 Å². The summed E-state index contributed by atoms with van der Waals surface area (Å²) in [6.45, 7) is 5.66. The topological polar surface area (TPSA) is 46.6 Å². The zero-order valence-electron chi connectivity index (χ0n) is 21.1. The fourth-order valence-electron chi connectivity index (χ4n) is 4.71. The maximum Gasteiger partial charge on any atom is 0.328 e. The Kier molecular flexibility index (Phi) is 18.3. The van der Waals surface area contributed by atoms with Crippen LogP contribution in [0.15, 0.2) is 0 Å².